The van der Waals surface area contributed by atoms with Crippen LogP contribution in [-0.2, 0) is 24.2 Å². The van der Waals surface area contributed by atoms with Gasteiger partial charge in [0.05, 0.1) is 24.1 Å². The second kappa shape index (κ2) is 7.44. The van der Waals surface area contributed by atoms with Gasteiger partial charge in [-0.2, -0.15) is 0 Å². The van der Waals surface area contributed by atoms with Crippen LogP contribution in [-0.4, -0.2) is 20.6 Å². The molecule has 0 saturated heterocycles. The van der Waals surface area contributed by atoms with Crippen molar-refractivity contribution in [1.29, 1.82) is 0 Å². The number of primary amides is 1. The molecule has 26 heavy (non-hydrogen) atoms. The monoisotopic (exact) mass is 349 g/mol. The first-order valence-corrected chi connectivity index (χ1v) is 8.58. The van der Waals surface area contributed by atoms with E-state index in [2.05, 4.69) is 4.98 Å². The number of phenolic OH excluding ortho intramolecular Hbond substituents is 1. The molecule has 0 aliphatic rings. The summed E-state index contributed by atoms with van der Waals surface area (Å²) in [7, 11) is 0. The number of nitrogens with two attached hydrogens (primary N) is 1. The first-order chi connectivity index (χ1) is 12.4. The number of aryl methyl sites for hydroxylation is 1. The van der Waals surface area contributed by atoms with Gasteiger partial charge in [0.1, 0.15) is 5.75 Å². The summed E-state index contributed by atoms with van der Waals surface area (Å²) in [5.74, 6) is -0.106. The first-order valence-electron chi connectivity index (χ1n) is 8.58. The van der Waals surface area contributed by atoms with Gasteiger partial charge in [-0.3, -0.25) is 4.79 Å². The van der Waals surface area contributed by atoms with Gasteiger partial charge in [-0.05, 0) is 42.2 Å². The standard InChI is InChI=1S/C21H23N3O2/c1-14-8-17(10-20(25)15(14)2)12-24-13-23-18(19(24)11-21(22)26)9-16-6-4-3-5-7-16/h3-8,10,13,25H,9,11-12H2,1-2H3,(H2,22,26). The van der Waals surface area contributed by atoms with E-state index in [4.69, 9.17) is 5.73 Å². The number of imidazole rings is 1. The lowest BCUT2D eigenvalue weighted by molar-refractivity contribution is -0.117. The summed E-state index contributed by atoms with van der Waals surface area (Å²) in [6.45, 7) is 4.39. The lowest BCUT2D eigenvalue weighted by atomic mass is 10.0. The average Bonchev–Trinajstić information content (AvgIpc) is 2.95. The molecule has 0 radical (unpaired) electrons. The van der Waals surface area contributed by atoms with E-state index in [1.807, 2.05) is 54.8 Å². The highest BCUT2D eigenvalue weighted by molar-refractivity contribution is 5.76. The predicted octanol–water partition coefficient (Wildman–Crippen LogP) is 2.87. The van der Waals surface area contributed by atoms with Crippen molar-refractivity contribution < 1.29 is 9.90 Å². The van der Waals surface area contributed by atoms with E-state index in [0.717, 1.165) is 33.6 Å². The largest absolute Gasteiger partial charge is 0.508 e. The molecule has 134 valence electrons. The molecule has 0 aliphatic carbocycles. The van der Waals surface area contributed by atoms with Crippen LogP contribution in [0.2, 0.25) is 0 Å². The second-order valence-corrected chi connectivity index (χ2v) is 6.63. The molecule has 0 atom stereocenters. The Morgan fingerprint density at radius 3 is 2.54 bits per heavy atom. The van der Waals surface area contributed by atoms with Crippen LogP contribution in [0.3, 0.4) is 0 Å². The zero-order valence-corrected chi connectivity index (χ0v) is 15.1. The average molecular weight is 349 g/mol. The fourth-order valence-corrected chi connectivity index (χ4v) is 3.09. The van der Waals surface area contributed by atoms with Crippen molar-refractivity contribution in [2.45, 2.75) is 33.2 Å². The number of hydrogen-bond donors (Lipinski definition) is 2. The maximum absolute atomic E-state index is 11.6. The van der Waals surface area contributed by atoms with Crippen LogP contribution >= 0.6 is 0 Å². The van der Waals surface area contributed by atoms with Gasteiger partial charge in [-0.1, -0.05) is 36.4 Å². The number of carbonyl (C=O) groups is 1. The maximum atomic E-state index is 11.6. The van der Waals surface area contributed by atoms with Gasteiger partial charge >= 0.3 is 0 Å². The van der Waals surface area contributed by atoms with Crippen LogP contribution in [0.1, 0.15) is 33.6 Å². The number of hydrogen-bond acceptors (Lipinski definition) is 3. The van der Waals surface area contributed by atoms with Crippen molar-refractivity contribution in [1.82, 2.24) is 9.55 Å². The molecule has 0 spiro atoms. The zero-order valence-electron chi connectivity index (χ0n) is 15.1. The highest BCUT2D eigenvalue weighted by Gasteiger charge is 2.15. The molecule has 0 fully saturated rings. The summed E-state index contributed by atoms with van der Waals surface area (Å²) >= 11 is 0. The number of amides is 1. The molecule has 5 heteroatoms. The summed E-state index contributed by atoms with van der Waals surface area (Å²) in [6, 6.07) is 13.8. The molecule has 0 unspecified atom stereocenters. The van der Waals surface area contributed by atoms with Gasteiger partial charge in [-0.25, -0.2) is 4.98 Å². The van der Waals surface area contributed by atoms with Gasteiger partial charge in [0.15, 0.2) is 0 Å². The molecule has 0 aliphatic heterocycles. The molecule has 3 aromatic rings. The number of benzene rings is 2. The lowest BCUT2D eigenvalue weighted by Crippen LogP contribution is -2.18. The molecule has 5 nitrogen and oxygen atoms in total. The minimum Gasteiger partial charge on any atom is -0.508 e. The molecule has 0 bridgehead atoms. The third-order valence-corrected chi connectivity index (χ3v) is 4.64. The highest BCUT2D eigenvalue weighted by Crippen LogP contribution is 2.23. The number of phenols is 1. The number of aromatic nitrogens is 2. The van der Waals surface area contributed by atoms with E-state index in [9.17, 15) is 9.90 Å². The van der Waals surface area contributed by atoms with Crippen LogP contribution in [0.5, 0.6) is 5.75 Å². The molecule has 3 N–H and O–H groups in total. The van der Waals surface area contributed by atoms with Gasteiger partial charge in [0, 0.05) is 13.0 Å². The van der Waals surface area contributed by atoms with Crippen molar-refractivity contribution in [3.8, 4) is 5.75 Å². The number of nitrogens with zero attached hydrogens (tertiary/aromatic N) is 2. The highest BCUT2D eigenvalue weighted by atomic mass is 16.3. The van der Waals surface area contributed by atoms with Crippen LogP contribution in [0.25, 0.3) is 0 Å². The van der Waals surface area contributed by atoms with E-state index in [0.29, 0.717) is 13.0 Å². The molecule has 2 aromatic carbocycles. The van der Waals surface area contributed by atoms with Gasteiger partial charge in [-0.15, -0.1) is 0 Å². The summed E-state index contributed by atoms with van der Waals surface area (Å²) in [4.78, 5) is 16.1. The Balaban J connectivity index is 1.93. The van der Waals surface area contributed by atoms with E-state index < -0.39 is 0 Å². The normalized spacial score (nSPS) is 10.8. The number of rotatable bonds is 6. The summed E-state index contributed by atoms with van der Waals surface area (Å²) in [5.41, 5.74) is 11.1. The topological polar surface area (TPSA) is 81.1 Å². The van der Waals surface area contributed by atoms with E-state index >= 15 is 0 Å². The second-order valence-electron chi connectivity index (χ2n) is 6.63. The molecule has 3 rings (SSSR count). The molecular formula is C21H23N3O2. The third kappa shape index (κ3) is 3.94. The molecule has 0 saturated carbocycles. The zero-order chi connectivity index (χ0) is 18.7. The van der Waals surface area contributed by atoms with Crippen LogP contribution in [0.15, 0.2) is 48.8 Å². The fraction of sp³-hybridized carbons (Fsp3) is 0.238. The summed E-state index contributed by atoms with van der Waals surface area (Å²) in [6.07, 6.45) is 2.52. The van der Waals surface area contributed by atoms with Crippen LogP contribution in [0.4, 0.5) is 0 Å². The predicted molar refractivity (Wildman–Crippen MR) is 101 cm³/mol. The SMILES string of the molecule is Cc1cc(Cn2cnc(Cc3ccccc3)c2CC(N)=O)cc(O)c1C. The van der Waals surface area contributed by atoms with E-state index in [1.54, 1.807) is 12.4 Å². The Kier molecular flexibility index (Phi) is 5.07. The first kappa shape index (κ1) is 17.7. The van der Waals surface area contributed by atoms with Crippen molar-refractivity contribution in [2.24, 2.45) is 5.73 Å². The van der Waals surface area contributed by atoms with Crippen LogP contribution in [0, 0.1) is 13.8 Å². The number of carbonyl (C=O) groups excluding carboxylic acids is 1. The maximum Gasteiger partial charge on any atom is 0.223 e. The Morgan fingerprint density at radius 2 is 1.88 bits per heavy atom. The molecule has 1 amide bonds. The van der Waals surface area contributed by atoms with E-state index in [1.165, 1.54) is 0 Å². The Hall–Kier alpha value is -3.08. The van der Waals surface area contributed by atoms with Crippen LogP contribution < -0.4 is 5.73 Å². The molecular weight excluding hydrogens is 326 g/mol. The molecule has 1 heterocycles. The van der Waals surface area contributed by atoms with Crippen molar-refractivity contribution >= 4 is 5.91 Å². The summed E-state index contributed by atoms with van der Waals surface area (Å²) < 4.78 is 1.94. The van der Waals surface area contributed by atoms with Crippen molar-refractivity contribution in [2.75, 3.05) is 0 Å². The minimum atomic E-state index is -0.385. The lowest BCUT2D eigenvalue weighted by Gasteiger charge is -2.12. The smallest absolute Gasteiger partial charge is 0.223 e. The quantitative estimate of drug-likeness (QED) is 0.718. The Labute approximate surface area is 153 Å². The molecule has 1 aromatic heterocycles. The van der Waals surface area contributed by atoms with E-state index in [-0.39, 0.29) is 18.1 Å². The summed E-state index contributed by atoms with van der Waals surface area (Å²) in [5, 5.41) is 10.1. The Bertz CT molecular complexity index is 907. The van der Waals surface area contributed by atoms with Gasteiger partial charge < -0.3 is 15.4 Å². The fourth-order valence-electron chi connectivity index (χ4n) is 3.09. The Morgan fingerprint density at radius 1 is 1.15 bits per heavy atom. The van der Waals surface area contributed by atoms with Gasteiger partial charge in [0.25, 0.3) is 0 Å². The number of aromatic hydroxyl groups is 1. The minimum absolute atomic E-state index is 0.138. The van der Waals surface area contributed by atoms with Crippen molar-refractivity contribution in [3.05, 3.63) is 82.4 Å². The van der Waals surface area contributed by atoms with Crippen molar-refractivity contribution in [3.63, 3.8) is 0 Å². The third-order valence-electron chi connectivity index (χ3n) is 4.64. The van der Waals surface area contributed by atoms with Gasteiger partial charge in [0.2, 0.25) is 5.91 Å².